The molecule has 0 aliphatic heterocycles. The van der Waals surface area contributed by atoms with Crippen LogP contribution in [0.15, 0.2) is 24.4 Å². The highest BCUT2D eigenvalue weighted by Crippen LogP contribution is 2.29. The zero-order chi connectivity index (χ0) is 17.9. The average molecular weight is 333 g/mol. The molecule has 1 aromatic carbocycles. The third-order valence-corrected chi connectivity index (χ3v) is 3.53. The van der Waals surface area contributed by atoms with E-state index in [1.54, 1.807) is 39.3 Å². The predicted molar refractivity (Wildman–Crippen MR) is 85.6 cm³/mol. The summed E-state index contributed by atoms with van der Waals surface area (Å²) in [7, 11) is 4.63. The fourth-order valence-electron chi connectivity index (χ4n) is 2.34. The van der Waals surface area contributed by atoms with E-state index >= 15 is 0 Å². The van der Waals surface area contributed by atoms with Crippen molar-refractivity contribution in [3.8, 4) is 11.5 Å². The number of rotatable bonds is 6. The standard InChI is InChI=1S/C16H19N3O5/c1-9(11-7-10(23-3)5-6-13(11)24-4)17-15(20)12-8-19(2)18-14(12)16(21)22/h5-9H,1-4H3,(H,17,20)(H,21,22). The minimum Gasteiger partial charge on any atom is -0.497 e. The lowest BCUT2D eigenvalue weighted by atomic mass is 10.1. The van der Waals surface area contributed by atoms with Crippen LogP contribution in [0.2, 0.25) is 0 Å². The van der Waals surface area contributed by atoms with Crippen molar-refractivity contribution in [1.29, 1.82) is 0 Å². The Kier molecular flexibility index (Phi) is 5.08. The third kappa shape index (κ3) is 3.48. The number of benzene rings is 1. The SMILES string of the molecule is COc1ccc(OC)c(C(C)NC(=O)c2cn(C)nc2C(=O)O)c1. The van der Waals surface area contributed by atoms with E-state index in [1.165, 1.54) is 18.0 Å². The molecule has 1 amide bonds. The van der Waals surface area contributed by atoms with E-state index < -0.39 is 17.9 Å². The van der Waals surface area contributed by atoms with Gasteiger partial charge in [-0.25, -0.2) is 4.79 Å². The monoisotopic (exact) mass is 333 g/mol. The Bertz CT molecular complexity index is 769. The second-order valence-corrected chi connectivity index (χ2v) is 5.17. The van der Waals surface area contributed by atoms with Crippen molar-refractivity contribution in [2.45, 2.75) is 13.0 Å². The Morgan fingerprint density at radius 3 is 2.58 bits per heavy atom. The zero-order valence-corrected chi connectivity index (χ0v) is 13.9. The number of aromatic carboxylic acids is 1. The number of methoxy groups -OCH3 is 2. The van der Waals surface area contributed by atoms with Crippen molar-refractivity contribution >= 4 is 11.9 Å². The number of nitrogens with one attached hydrogen (secondary N) is 1. The molecule has 1 atom stereocenters. The van der Waals surface area contributed by atoms with Gasteiger partial charge in [0, 0.05) is 18.8 Å². The van der Waals surface area contributed by atoms with Gasteiger partial charge < -0.3 is 19.9 Å². The first-order chi connectivity index (χ1) is 11.4. The summed E-state index contributed by atoms with van der Waals surface area (Å²) in [6.45, 7) is 1.77. The molecule has 0 aliphatic rings. The number of aromatic nitrogens is 2. The van der Waals surface area contributed by atoms with Crippen molar-refractivity contribution in [2.24, 2.45) is 7.05 Å². The smallest absolute Gasteiger partial charge is 0.357 e. The second-order valence-electron chi connectivity index (χ2n) is 5.17. The normalized spacial score (nSPS) is 11.7. The highest BCUT2D eigenvalue weighted by Gasteiger charge is 2.23. The molecular formula is C16H19N3O5. The third-order valence-electron chi connectivity index (χ3n) is 3.53. The van der Waals surface area contributed by atoms with Gasteiger partial charge in [-0.1, -0.05) is 0 Å². The Balaban J connectivity index is 2.28. The van der Waals surface area contributed by atoms with Gasteiger partial charge in [0.15, 0.2) is 5.69 Å². The number of hydrogen-bond donors (Lipinski definition) is 2. The van der Waals surface area contributed by atoms with Crippen molar-refractivity contribution in [1.82, 2.24) is 15.1 Å². The van der Waals surface area contributed by atoms with Gasteiger partial charge >= 0.3 is 5.97 Å². The van der Waals surface area contributed by atoms with Crippen LogP contribution in [-0.2, 0) is 7.05 Å². The van der Waals surface area contributed by atoms with Gasteiger partial charge in [0.25, 0.3) is 5.91 Å². The van der Waals surface area contributed by atoms with Crippen LogP contribution in [0.1, 0.15) is 39.4 Å². The van der Waals surface area contributed by atoms with Crippen molar-refractivity contribution < 1.29 is 24.2 Å². The summed E-state index contributed by atoms with van der Waals surface area (Å²) in [4.78, 5) is 23.6. The predicted octanol–water partition coefficient (Wildman–Crippen LogP) is 1.63. The van der Waals surface area contributed by atoms with E-state index in [0.717, 1.165) is 0 Å². The number of hydrogen-bond acceptors (Lipinski definition) is 5. The van der Waals surface area contributed by atoms with Crippen LogP contribution in [0.25, 0.3) is 0 Å². The molecule has 2 rings (SSSR count). The maximum absolute atomic E-state index is 12.4. The zero-order valence-electron chi connectivity index (χ0n) is 13.9. The largest absolute Gasteiger partial charge is 0.497 e. The number of carboxylic acid groups (broad SMARTS) is 1. The van der Waals surface area contributed by atoms with E-state index in [2.05, 4.69) is 10.4 Å². The highest BCUT2D eigenvalue weighted by atomic mass is 16.5. The summed E-state index contributed by atoms with van der Waals surface area (Å²) < 4.78 is 11.8. The first kappa shape index (κ1) is 17.3. The van der Waals surface area contributed by atoms with E-state index in [-0.39, 0.29) is 11.3 Å². The van der Waals surface area contributed by atoms with Crippen LogP contribution >= 0.6 is 0 Å². The lowest BCUT2D eigenvalue weighted by Gasteiger charge is -2.18. The van der Waals surface area contributed by atoms with E-state index in [1.807, 2.05) is 0 Å². The van der Waals surface area contributed by atoms with Gasteiger partial charge in [-0.05, 0) is 25.1 Å². The van der Waals surface area contributed by atoms with Gasteiger partial charge in [0.2, 0.25) is 0 Å². The molecule has 0 fully saturated rings. The van der Waals surface area contributed by atoms with Gasteiger partial charge in [-0.3, -0.25) is 9.48 Å². The Hall–Kier alpha value is -3.03. The summed E-state index contributed by atoms with van der Waals surface area (Å²) in [5.74, 6) is -0.571. The molecule has 24 heavy (non-hydrogen) atoms. The maximum atomic E-state index is 12.4. The molecule has 2 N–H and O–H groups in total. The Morgan fingerprint density at radius 1 is 1.29 bits per heavy atom. The summed E-state index contributed by atoms with van der Waals surface area (Å²) >= 11 is 0. The first-order valence-corrected chi connectivity index (χ1v) is 7.17. The van der Waals surface area contributed by atoms with Crippen LogP contribution in [0.3, 0.4) is 0 Å². The molecule has 0 radical (unpaired) electrons. The highest BCUT2D eigenvalue weighted by molar-refractivity contribution is 6.03. The van der Waals surface area contributed by atoms with Crippen LogP contribution < -0.4 is 14.8 Å². The minimum absolute atomic E-state index is 0.00119. The van der Waals surface area contributed by atoms with Gasteiger partial charge in [-0.15, -0.1) is 0 Å². The number of carbonyl (C=O) groups is 2. The molecule has 0 saturated carbocycles. The number of aryl methyl sites for hydroxylation is 1. The fourth-order valence-corrected chi connectivity index (χ4v) is 2.34. The molecule has 2 aromatic rings. The molecule has 0 aliphatic carbocycles. The quantitative estimate of drug-likeness (QED) is 0.833. The number of nitrogens with zero attached hydrogens (tertiary/aromatic N) is 2. The van der Waals surface area contributed by atoms with E-state index in [0.29, 0.717) is 17.1 Å². The van der Waals surface area contributed by atoms with Gasteiger partial charge in [-0.2, -0.15) is 5.10 Å². The molecule has 0 spiro atoms. The van der Waals surface area contributed by atoms with E-state index in [4.69, 9.17) is 14.6 Å². The molecule has 128 valence electrons. The Labute approximate surface area is 139 Å². The molecule has 0 saturated heterocycles. The lowest BCUT2D eigenvalue weighted by molar-refractivity contribution is 0.0683. The lowest BCUT2D eigenvalue weighted by Crippen LogP contribution is -2.28. The van der Waals surface area contributed by atoms with Crippen molar-refractivity contribution in [2.75, 3.05) is 14.2 Å². The molecule has 8 heteroatoms. The van der Waals surface area contributed by atoms with Gasteiger partial charge in [0.1, 0.15) is 11.5 Å². The molecule has 1 unspecified atom stereocenters. The molecule has 1 aromatic heterocycles. The van der Waals surface area contributed by atoms with Crippen LogP contribution in [-0.4, -0.2) is 41.0 Å². The Morgan fingerprint density at radius 2 is 2.00 bits per heavy atom. The summed E-state index contributed by atoms with van der Waals surface area (Å²) in [5, 5.41) is 15.7. The van der Waals surface area contributed by atoms with Crippen molar-refractivity contribution in [3.63, 3.8) is 0 Å². The second kappa shape index (κ2) is 7.03. The van der Waals surface area contributed by atoms with E-state index in [9.17, 15) is 9.59 Å². The first-order valence-electron chi connectivity index (χ1n) is 7.17. The number of amides is 1. The summed E-state index contributed by atoms with van der Waals surface area (Å²) in [5.41, 5.74) is 0.421. The molecular weight excluding hydrogens is 314 g/mol. The minimum atomic E-state index is -1.26. The maximum Gasteiger partial charge on any atom is 0.357 e. The van der Waals surface area contributed by atoms with Crippen LogP contribution in [0.5, 0.6) is 11.5 Å². The van der Waals surface area contributed by atoms with Crippen LogP contribution in [0.4, 0.5) is 0 Å². The summed E-state index contributed by atoms with van der Waals surface area (Å²) in [6, 6.07) is 4.82. The number of carboxylic acids is 1. The number of ether oxygens (including phenoxy) is 2. The topological polar surface area (TPSA) is 103 Å². The molecule has 1 heterocycles. The fraction of sp³-hybridized carbons (Fsp3) is 0.312. The molecule has 0 bridgehead atoms. The van der Waals surface area contributed by atoms with Crippen LogP contribution in [0, 0.1) is 0 Å². The van der Waals surface area contributed by atoms with Crippen molar-refractivity contribution in [3.05, 3.63) is 41.2 Å². The van der Waals surface area contributed by atoms with Gasteiger partial charge in [0.05, 0.1) is 25.8 Å². The average Bonchev–Trinajstić information content (AvgIpc) is 2.96. The summed E-state index contributed by atoms with van der Waals surface area (Å²) in [6.07, 6.45) is 1.37. The number of carbonyl (C=O) groups excluding carboxylic acids is 1. The molecule has 8 nitrogen and oxygen atoms in total.